The van der Waals surface area contributed by atoms with Crippen LogP contribution in [-0.2, 0) is 12.8 Å². The lowest BCUT2D eigenvalue weighted by atomic mass is 10.1. The summed E-state index contributed by atoms with van der Waals surface area (Å²) in [5.74, 6) is -2.91. The van der Waals surface area contributed by atoms with Gasteiger partial charge in [0.05, 0.1) is 11.4 Å². The number of hydrogen-bond donors (Lipinski definition) is 0. The second-order valence-corrected chi connectivity index (χ2v) is 4.68. The van der Waals surface area contributed by atoms with Gasteiger partial charge in [-0.2, -0.15) is 10.2 Å². The van der Waals surface area contributed by atoms with Gasteiger partial charge in [0.15, 0.2) is 0 Å². The molecule has 0 unspecified atom stereocenters. The molecule has 0 aliphatic carbocycles. The van der Waals surface area contributed by atoms with E-state index in [1.54, 1.807) is 13.8 Å². The molecule has 116 valence electrons. The first-order valence-corrected chi connectivity index (χ1v) is 6.83. The van der Waals surface area contributed by atoms with Crippen LogP contribution >= 0.6 is 0 Å². The normalized spacial score (nSPS) is 11.4. The molecule has 0 bridgehead atoms. The van der Waals surface area contributed by atoms with E-state index in [9.17, 15) is 17.6 Å². The van der Waals surface area contributed by atoms with Crippen LogP contribution < -0.4 is 0 Å². The Bertz CT molecular complexity index is 619. The first-order chi connectivity index (χ1) is 10.5. The standard InChI is InChI=1S/C16H14F4N2/c1-3-11-13(17)5-9(6-14(11)18)21-22-10-7-15(19)12(4-2)16(20)8-10/h5-8H,3-4H2,1-2H3. The number of hydrogen-bond acceptors (Lipinski definition) is 2. The summed E-state index contributed by atoms with van der Waals surface area (Å²) in [5, 5.41) is 7.25. The largest absolute Gasteiger partial charge is 0.207 e. The summed E-state index contributed by atoms with van der Waals surface area (Å²) >= 11 is 0. The minimum Gasteiger partial charge on any atom is -0.207 e. The highest BCUT2D eigenvalue weighted by atomic mass is 19.1. The van der Waals surface area contributed by atoms with Gasteiger partial charge < -0.3 is 0 Å². The predicted octanol–water partition coefficient (Wildman–Crippen LogP) is 5.78. The number of rotatable bonds is 4. The highest BCUT2D eigenvalue weighted by Gasteiger charge is 2.11. The van der Waals surface area contributed by atoms with Gasteiger partial charge in [-0.15, -0.1) is 0 Å². The van der Waals surface area contributed by atoms with E-state index in [0.717, 1.165) is 24.3 Å². The quantitative estimate of drug-likeness (QED) is 0.505. The molecule has 2 aromatic rings. The van der Waals surface area contributed by atoms with Gasteiger partial charge >= 0.3 is 0 Å². The third-order valence-corrected chi connectivity index (χ3v) is 3.24. The van der Waals surface area contributed by atoms with E-state index >= 15 is 0 Å². The molecule has 0 aromatic heterocycles. The van der Waals surface area contributed by atoms with Crippen LogP contribution in [0.2, 0.25) is 0 Å². The van der Waals surface area contributed by atoms with Crippen LogP contribution in [0.1, 0.15) is 25.0 Å². The first-order valence-electron chi connectivity index (χ1n) is 6.83. The molecular weight excluding hydrogens is 296 g/mol. The predicted molar refractivity (Wildman–Crippen MR) is 75.6 cm³/mol. The molecule has 2 aromatic carbocycles. The van der Waals surface area contributed by atoms with Crippen LogP contribution in [0.4, 0.5) is 28.9 Å². The summed E-state index contributed by atoms with van der Waals surface area (Å²) in [7, 11) is 0. The Morgan fingerprint density at radius 3 is 1.14 bits per heavy atom. The monoisotopic (exact) mass is 310 g/mol. The molecule has 0 aliphatic heterocycles. The fourth-order valence-corrected chi connectivity index (χ4v) is 2.09. The Hall–Kier alpha value is -2.24. The summed E-state index contributed by atoms with van der Waals surface area (Å²) in [6, 6.07) is 4.11. The number of halogens is 4. The molecule has 22 heavy (non-hydrogen) atoms. The van der Waals surface area contributed by atoms with Gasteiger partial charge in [0, 0.05) is 35.4 Å². The van der Waals surface area contributed by atoms with E-state index in [1.165, 1.54) is 0 Å². The number of nitrogens with zero attached hydrogens (tertiary/aromatic N) is 2. The van der Waals surface area contributed by atoms with Gasteiger partial charge in [0.1, 0.15) is 23.3 Å². The smallest absolute Gasteiger partial charge is 0.131 e. The molecular formula is C16H14F4N2. The van der Waals surface area contributed by atoms with Crippen molar-refractivity contribution in [2.24, 2.45) is 10.2 Å². The molecule has 0 atom stereocenters. The molecule has 0 aliphatic rings. The lowest BCUT2D eigenvalue weighted by Gasteiger charge is -2.04. The summed E-state index contributed by atoms with van der Waals surface area (Å²) in [5.41, 5.74) is -0.202. The van der Waals surface area contributed by atoms with Crippen molar-refractivity contribution in [3.8, 4) is 0 Å². The molecule has 2 rings (SSSR count). The van der Waals surface area contributed by atoms with Crippen molar-refractivity contribution in [3.05, 3.63) is 58.7 Å². The summed E-state index contributed by atoms with van der Waals surface area (Å²) in [4.78, 5) is 0. The fourth-order valence-electron chi connectivity index (χ4n) is 2.09. The zero-order chi connectivity index (χ0) is 16.3. The van der Waals surface area contributed by atoms with E-state index in [-0.39, 0.29) is 35.3 Å². The number of benzene rings is 2. The van der Waals surface area contributed by atoms with Crippen molar-refractivity contribution in [2.45, 2.75) is 26.7 Å². The van der Waals surface area contributed by atoms with Crippen molar-refractivity contribution < 1.29 is 17.6 Å². The summed E-state index contributed by atoms with van der Waals surface area (Å²) < 4.78 is 54.4. The number of azo groups is 1. The van der Waals surface area contributed by atoms with Gasteiger partial charge in [-0.25, -0.2) is 17.6 Å². The highest BCUT2D eigenvalue weighted by Crippen LogP contribution is 2.26. The van der Waals surface area contributed by atoms with Crippen molar-refractivity contribution in [1.82, 2.24) is 0 Å². The summed E-state index contributed by atoms with van der Waals surface area (Å²) in [6.07, 6.45) is 0.425. The van der Waals surface area contributed by atoms with Gasteiger partial charge in [-0.1, -0.05) is 13.8 Å². The van der Waals surface area contributed by atoms with Crippen LogP contribution in [0.5, 0.6) is 0 Å². The van der Waals surface area contributed by atoms with Crippen molar-refractivity contribution >= 4 is 11.4 Å². The average molecular weight is 310 g/mol. The minimum absolute atomic E-state index is 0.0386. The van der Waals surface area contributed by atoms with E-state index in [4.69, 9.17) is 0 Å². The van der Waals surface area contributed by atoms with Crippen LogP contribution in [0.25, 0.3) is 0 Å². The lowest BCUT2D eigenvalue weighted by molar-refractivity contribution is 0.557. The van der Waals surface area contributed by atoms with Gasteiger partial charge in [-0.3, -0.25) is 0 Å². The molecule has 0 amide bonds. The molecule has 0 N–H and O–H groups in total. The lowest BCUT2D eigenvalue weighted by Crippen LogP contribution is -1.93. The van der Waals surface area contributed by atoms with Crippen LogP contribution in [0.15, 0.2) is 34.5 Å². The Kier molecular flexibility index (Phi) is 4.90. The van der Waals surface area contributed by atoms with Crippen LogP contribution in [-0.4, -0.2) is 0 Å². The molecule has 0 saturated heterocycles. The first kappa shape index (κ1) is 16.1. The average Bonchev–Trinajstić information content (AvgIpc) is 2.44. The third kappa shape index (κ3) is 3.32. The van der Waals surface area contributed by atoms with E-state index in [1.807, 2.05) is 0 Å². The molecule has 0 heterocycles. The van der Waals surface area contributed by atoms with Crippen LogP contribution in [0.3, 0.4) is 0 Å². The van der Waals surface area contributed by atoms with E-state index in [2.05, 4.69) is 10.2 Å². The fraction of sp³-hybridized carbons (Fsp3) is 0.250. The van der Waals surface area contributed by atoms with Crippen molar-refractivity contribution in [1.29, 1.82) is 0 Å². The minimum atomic E-state index is -0.727. The molecule has 6 heteroatoms. The molecule has 2 nitrogen and oxygen atoms in total. The Labute approximate surface area is 125 Å². The molecule has 0 fully saturated rings. The van der Waals surface area contributed by atoms with Crippen LogP contribution in [0, 0.1) is 23.3 Å². The maximum absolute atomic E-state index is 13.6. The molecule has 0 saturated carbocycles. The Morgan fingerprint density at radius 1 is 0.636 bits per heavy atom. The molecule has 0 radical (unpaired) electrons. The van der Waals surface area contributed by atoms with Gasteiger partial charge in [-0.05, 0) is 12.8 Å². The Balaban J connectivity index is 2.33. The highest BCUT2D eigenvalue weighted by molar-refractivity contribution is 5.44. The Morgan fingerprint density at radius 2 is 0.909 bits per heavy atom. The third-order valence-electron chi connectivity index (χ3n) is 3.24. The van der Waals surface area contributed by atoms with Gasteiger partial charge in [0.25, 0.3) is 0 Å². The zero-order valence-corrected chi connectivity index (χ0v) is 12.1. The van der Waals surface area contributed by atoms with Gasteiger partial charge in [0.2, 0.25) is 0 Å². The van der Waals surface area contributed by atoms with E-state index < -0.39 is 23.3 Å². The second-order valence-electron chi connectivity index (χ2n) is 4.68. The van der Waals surface area contributed by atoms with Crippen molar-refractivity contribution in [2.75, 3.05) is 0 Å². The topological polar surface area (TPSA) is 24.7 Å². The van der Waals surface area contributed by atoms with Crippen molar-refractivity contribution in [3.63, 3.8) is 0 Å². The summed E-state index contributed by atoms with van der Waals surface area (Å²) in [6.45, 7) is 3.26. The van der Waals surface area contributed by atoms with E-state index in [0.29, 0.717) is 0 Å². The zero-order valence-electron chi connectivity index (χ0n) is 12.1. The second kappa shape index (κ2) is 6.68. The SMILES string of the molecule is CCc1c(F)cc(N=Nc2cc(F)c(CC)c(F)c2)cc1F. The maximum atomic E-state index is 13.6. The maximum Gasteiger partial charge on any atom is 0.131 e. The molecule has 0 spiro atoms.